The number of nitrogens with one attached hydrogen (secondary N) is 2. The first-order chi connectivity index (χ1) is 16.6. The van der Waals surface area contributed by atoms with Crippen molar-refractivity contribution >= 4 is 28.6 Å². The molecule has 0 aliphatic carbocycles. The smallest absolute Gasteiger partial charge is 0.338 e. The van der Waals surface area contributed by atoms with Crippen LogP contribution in [0.1, 0.15) is 41.3 Å². The average Bonchev–Trinajstić information content (AvgIpc) is 3.24. The molecule has 0 aliphatic rings. The largest absolute Gasteiger partial charge is 0.462 e. The number of fused-ring (bicyclic) bond motifs is 1. The monoisotopic (exact) mass is 456 g/mol. The molecule has 2 heterocycles. The number of pyridine rings is 1. The van der Waals surface area contributed by atoms with E-state index in [9.17, 15) is 9.59 Å². The maximum atomic E-state index is 12.7. The zero-order valence-corrected chi connectivity index (χ0v) is 19.3. The number of rotatable bonds is 8. The van der Waals surface area contributed by atoms with Crippen LogP contribution in [0.25, 0.3) is 10.9 Å². The highest BCUT2D eigenvalue weighted by molar-refractivity contribution is 5.92. The van der Waals surface area contributed by atoms with E-state index in [1.165, 1.54) is 5.52 Å². The van der Waals surface area contributed by atoms with Crippen molar-refractivity contribution in [3.05, 3.63) is 95.9 Å². The summed E-state index contributed by atoms with van der Waals surface area (Å²) >= 11 is 0. The Morgan fingerprint density at radius 3 is 2.53 bits per heavy atom. The Labute approximate surface area is 198 Å². The summed E-state index contributed by atoms with van der Waals surface area (Å²) < 4.78 is 7.21. The van der Waals surface area contributed by atoms with Crippen molar-refractivity contribution in [3.8, 4) is 0 Å². The van der Waals surface area contributed by atoms with Gasteiger partial charge in [0.15, 0.2) is 0 Å². The topological polar surface area (TPSA) is 85.2 Å². The number of esters is 1. The lowest BCUT2D eigenvalue weighted by atomic mass is 9.92. The number of hydrogen-bond donors (Lipinski definition) is 2. The van der Waals surface area contributed by atoms with E-state index in [0.717, 1.165) is 23.1 Å². The van der Waals surface area contributed by atoms with Crippen LogP contribution < -0.4 is 10.6 Å². The quantitative estimate of drug-likeness (QED) is 0.358. The van der Waals surface area contributed by atoms with E-state index in [0.29, 0.717) is 24.4 Å². The van der Waals surface area contributed by atoms with Crippen LogP contribution in [0.15, 0.2) is 79.3 Å². The highest BCUT2D eigenvalue weighted by Gasteiger charge is 2.21. The molecule has 7 nitrogen and oxygen atoms in total. The Balaban J connectivity index is 1.51. The number of ether oxygens (including phenoxy) is 1. The number of carbonyl (C=O) groups is 2. The molecule has 34 heavy (non-hydrogen) atoms. The van der Waals surface area contributed by atoms with Crippen molar-refractivity contribution in [2.24, 2.45) is 0 Å². The highest BCUT2D eigenvalue weighted by Crippen LogP contribution is 2.32. The number of aromatic nitrogens is 2. The molecule has 0 aliphatic heterocycles. The number of aryl methyl sites for hydroxylation is 1. The molecule has 174 valence electrons. The van der Waals surface area contributed by atoms with Gasteiger partial charge in [-0.05, 0) is 61.4 Å². The number of para-hydroxylation sites is 1. The number of hydrogen-bond acceptors (Lipinski definition) is 4. The van der Waals surface area contributed by atoms with Crippen LogP contribution in [0.3, 0.4) is 0 Å². The third-order valence-corrected chi connectivity index (χ3v) is 5.74. The van der Waals surface area contributed by atoms with Gasteiger partial charge in [0, 0.05) is 54.2 Å². The van der Waals surface area contributed by atoms with Gasteiger partial charge < -0.3 is 19.9 Å². The van der Waals surface area contributed by atoms with E-state index >= 15 is 0 Å². The van der Waals surface area contributed by atoms with Gasteiger partial charge in [-0.25, -0.2) is 9.59 Å². The number of nitrogens with zero attached hydrogens (tertiary/aromatic N) is 2. The second-order valence-corrected chi connectivity index (χ2v) is 7.86. The Kier molecular flexibility index (Phi) is 7.22. The van der Waals surface area contributed by atoms with Crippen LogP contribution in [0.2, 0.25) is 0 Å². The maximum Gasteiger partial charge on any atom is 0.338 e. The van der Waals surface area contributed by atoms with Crippen LogP contribution in [-0.2, 0) is 11.3 Å². The van der Waals surface area contributed by atoms with Crippen molar-refractivity contribution in [1.29, 1.82) is 0 Å². The fourth-order valence-electron chi connectivity index (χ4n) is 4.08. The number of amides is 2. The van der Waals surface area contributed by atoms with Crippen LogP contribution in [0.5, 0.6) is 0 Å². The first-order valence-electron chi connectivity index (χ1n) is 11.4. The molecule has 2 aromatic carbocycles. The molecule has 0 radical (unpaired) electrons. The minimum atomic E-state index is -0.385. The van der Waals surface area contributed by atoms with E-state index in [2.05, 4.69) is 45.4 Å². The minimum absolute atomic E-state index is 0.0664. The number of carbonyl (C=O) groups excluding carboxylic acids is 2. The summed E-state index contributed by atoms with van der Waals surface area (Å²) in [4.78, 5) is 28.8. The predicted molar refractivity (Wildman–Crippen MR) is 133 cm³/mol. The molecule has 0 bridgehead atoms. The summed E-state index contributed by atoms with van der Waals surface area (Å²) in [6.07, 6.45) is 5.75. The summed E-state index contributed by atoms with van der Waals surface area (Å²) in [5.41, 5.74) is 4.37. The second kappa shape index (κ2) is 10.7. The fourth-order valence-corrected chi connectivity index (χ4v) is 4.08. The standard InChI is InChI=1S/C27H28N4O3/c1-3-31-18-24(22-9-5-6-10-25(22)31)23(20-8-7-15-28-16-20)17-29-27(33)30-21-13-11-19(12-14-21)26(32)34-4-2/h5-16,18,23H,3-4,17H2,1-2H3,(H2,29,30,33)/t23-/m0/s1. The molecular formula is C27H28N4O3. The van der Waals surface area contributed by atoms with Gasteiger partial charge in [-0.1, -0.05) is 24.3 Å². The maximum absolute atomic E-state index is 12.7. The van der Waals surface area contributed by atoms with Crippen molar-refractivity contribution in [1.82, 2.24) is 14.9 Å². The molecule has 2 aromatic heterocycles. The first-order valence-corrected chi connectivity index (χ1v) is 11.4. The van der Waals surface area contributed by atoms with E-state index in [4.69, 9.17) is 4.74 Å². The van der Waals surface area contributed by atoms with Gasteiger partial charge in [-0.2, -0.15) is 0 Å². The zero-order valence-electron chi connectivity index (χ0n) is 19.3. The van der Waals surface area contributed by atoms with Gasteiger partial charge in [-0.3, -0.25) is 4.98 Å². The fraction of sp³-hybridized carbons (Fsp3) is 0.222. The summed E-state index contributed by atoms with van der Waals surface area (Å²) in [6.45, 7) is 5.45. The number of anilines is 1. The lowest BCUT2D eigenvalue weighted by Crippen LogP contribution is -2.32. The summed E-state index contributed by atoms with van der Waals surface area (Å²) in [7, 11) is 0. The molecular weight excluding hydrogens is 428 g/mol. The molecule has 0 saturated carbocycles. The lowest BCUT2D eigenvalue weighted by molar-refractivity contribution is 0.0526. The Hall–Kier alpha value is -4.13. The van der Waals surface area contributed by atoms with E-state index < -0.39 is 0 Å². The predicted octanol–water partition coefficient (Wildman–Crippen LogP) is 5.19. The van der Waals surface area contributed by atoms with E-state index in [1.54, 1.807) is 37.4 Å². The van der Waals surface area contributed by atoms with Crippen molar-refractivity contribution in [3.63, 3.8) is 0 Å². The van der Waals surface area contributed by atoms with Crippen LogP contribution in [-0.4, -0.2) is 34.7 Å². The molecule has 2 N–H and O–H groups in total. The Morgan fingerprint density at radius 2 is 1.82 bits per heavy atom. The molecule has 0 spiro atoms. The third kappa shape index (κ3) is 5.09. The first kappa shape index (κ1) is 23.0. The third-order valence-electron chi connectivity index (χ3n) is 5.74. The van der Waals surface area contributed by atoms with Gasteiger partial charge in [0.25, 0.3) is 0 Å². The molecule has 0 saturated heterocycles. The number of urea groups is 1. The normalized spacial score (nSPS) is 11.7. The molecule has 0 unspecified atom stereocenters. The lowest BCUT2D eigenvalue weighted by Gasteiger charge is -2.18. The molecule has 4 aromatic rings. The summed E-state index contributed by atoms with van der Waals surface area (Å²) in [5, 5.41) is 6.99. The van der Waals surface area contributed by atoms with Gasteiger partial charge in [-0.15, -0.1) is 0 Å². The Morgan fingerprint density at radius 1 is 1.03 bits per heavy atom. The van der Waals surface area contributed by atoms with Gasteiger partial charge in [0.1, 0.15) is 0 Å². The molecule has 2 amide bonds. The van der Waals surface area contributed by atoms with E-state index in [-0.39, 0.29) is 17.9 Å². The van der Waals surface area contributed by atoms with Crippen LogP contribution in [0.4, 0.5) is 10.5 Å². The zero-order chi connectivity index (χ0) is 23.9. The second-order valence-electron chi connectivity index (χ2n) is 7.86. The Bertz CT molecular complexity index is 1270. The SMILES string of the molecule is CCOC(=O)c1ccc(NC(=O)NC[C@@H](c2cccnc2)c2cn(CC)c3ccccc23)cc1. The van der Waals surface area contributed by atoms with Crippen molar-refractivity contribution in [2.75, 3.05) is 18.5 Å². The average molecular weight is 457 g/mol. The van der Waals surface area contributed by atoms with Crippen molar-refractivity contribution < 1.29 is 14.3 Å². The summed E-state index contributed by atoms with van der Waals surface area (Å²) in [5.74, 6) is -0.451. The molecule has 1 atom stereocenters. The van der Waals surface area contributed by atoms with Gasteiger partial charge in [0.2, 0.25) is 0 Å². The van der Waals surface area contributed by atoms with Crippen molar-refractivity contribution in [2.45, 2.75) is 26.3 Å². The molecule has 4 rings (SSSR count). The van der Waals surface area contributed by atoms with Gasteiger partial charge >= 0.3 is 12.0 Å². The van der Waals surface area contributed by atoms with E-state index in [1.807, 2.05) is 30.5 Å². The van der Waals surface area contributed by atoms with Crippen LogP contribution in [0, 0.1) is 0 Å². The molecule has 0 fully saturated rings. The molecule has 7 heteroatoms. The summed E-state index contributed by atoms with van der Waals surface area (Å²) in [6, 6.07) is 18.5. The highest BCUT2D eigenvalue weighted by atomic mass is 16.5. The minimum Gasteiger partial charge on any atom is -0.462 e. The van der Waals surface area contributed by atoms with Crippen LogP contribution >= 0.6 is 0 Å². The van der Waals surface area contributed by atoms with Gasteiger partial charge in [0.05, 0.1) is 12.2 Å². The number of benzene rings is 2.